The summed E-state index contributed by atoms with van der Waals surface area (Å²) in [5, 5.41) is 12.8. The minimum atomic E-state index is -0.299. The highest BCUT2D eigenvalue weighted by Crippen LogP contribution is 2.21. The van der Waals surface area contributed by atoms with E-state index in [2.05, 4.69) is 16.4 Å². The highest BCUT2D eigenvalue weighted by atomic mass is 35.5. The number of aliphatic hydroxyl groups excluding tert-OH is 1. The Morgan fingerprint density at radius 1 is 1.23 bits per heavy atom. The summed E-state index contributed by atoms with van der Waals surface area (Å²) < 4.78 is 1.39. The van der Waals surface area contributed by atoms with E-state index in [0.717, 1.165) is 19.3 Å². The van der Waals surface area contributed by atoms with E-state index >= 15 is 0 Å². The van der Waals surface area contributed by atoms with Gasteiger partial charge in [-0.3, -0.25) is 14.2 Å². The maximum atomic E-state index is 13.1. The number of allylic oxidation sites excluding steroid dienone is 1. The van der Waals surface area contributed by atoms with Crippen LogP contribution in [0.5, 0.6) is 0 Å². The van der Waals surface area contributed by atoms with Gasteiger partial charge in [0, 0.05) is 41.4 Å². The maximum Gasteiger partial charge on any atom is 0.257 e. The van der Waals surface area contributed by atoms with Crippen molar-refractivity contribution in [1.82, 2.24) is 14.9 Å². The Morgan fingerprint density at radius 2 is 2.00 bits per heavy atom. The summed E-state index contributed by atoms with van der Waals surface area (Å²) in [6.45, 7) is 2.02. The van der Waals surface area contributed by atoms with Crippen molar-refractivity contribution in [3.8, 4) is 11.4 Å². The van der Waals surface area contributed by atoms with Crippen LogP contribution in [-0.4, -0.2) is 33.7 Å². The molecule has 0 radical (unpaired) electrons. The van der Waals surface area contributed by atoms with Crippen LogP contribution in [0.3, 0.4) is 0 Å². The van der Waals surface area contributed by atoms with Crippen LogP contribution in [0.25, 0.3) is 11.4 Å². The second kappa shape index (κ2) is 10.5. The molecule has 0 saturated heterocycles. The molecule has 3 rings (SSSR count). The van der Waals surface area contributed by atoms with Gasteiger partial charge in [0.05, 0.1) is 0 Å². The van der Waals surface area contributed by atoms with Gasteiger partial charge in [-0.15, -0.1) is 0 Å². The summed E-state index contributed by atoms with van der Waals surface area (Å²) in [6, 6.07) is 7.00. The monoisotopic (exact) mass is 429 g/mol. The number of carbonyl (C=O) groups excluding carboxylic acids is 1. The molecule has 160 valence electrons. The Labute approximate surface area is 181 Å². The largest absolute Gasteiger partial charge is 0.396 e. The Kier molecular flexibility index (Phi) is 7.82. The topological polar surface area (TPSA) is 84.2 Å². The Balaban J connectivity index is 1.82. The fraction of sp³-hybridized carbons (Fsp3) is 0.435. The van der Waals surface area contributed by atoms with Gasteiger partial charge in [-0.25, -0.2) is 4.98 Å². The third-order valence-corrected chi connectivity index (χ3v) is 5.64. The molecule has 0 bridgehead atoms. The number of aromatic nitrogens is 2. The van der Waals surface area contributed by atoms with E-state index in [1.807, 2.05) is 0 Å². The van der Waals surface area contributed by atoms with E-state index in [0.29, 0.717) is 34.2 Å². The lowest BCUT2D eigenvalue weighted by atomic mass is 9.97. The van der Waals surface area contributed by atoms with Crippen LogP contribution in [0.4, 0.5) is 0 Å². The zero-order chi connectivity index (χ0) is 21.5. The van der Waals surface area contributed by atoms with Gasteiger partial charge in [0.25, 0.3) is 5.56 Å². The van der Waals surface area contributed by atoms with Crippen molar-refractivity contribution in [3.05, 3.63) is 62.5 Å². The number of rotatable bonds is 8. The average Bonchev–Trinajstić information content (AvgIpc) is 2.74. The summed E-state index contributed by atoms with van der Waals surface area (Å²) in [5.74, 6) is 0.185. The van der Waals surface area contributed by atoms with Gasteiger partial charge in [-0.2, -0.15) is 0 Å². The van der Waals surface area contributed by atoms with Crippen molar-refractivity contribution in [2.24, 2.45) is 0 Å². The number of aryl methyl sites for hydroxylation is 1. The molecule has 1 amide bonds. The molecular formula is C23H28ClN3O3. The first-order valence-corrected chi connectivity index (χ1v) is 10.8. The Morgan fingerprint density at radius 3 is 2.67 bits per heavy atom. The average molecular weight is 430 g/mol. The molecule has 1 aromatic heterocycles. The number of halogens is 1. The van der Waals surface area contributed by atoms with Crippen LogP contribution < -0.4 is 10.9 Å². The van der Waals surface area contributed by atoms with Crippen molar-refractivity contribution < 1.29 is 9.90 Å². The van der Waals surface area contributed by atoms with Crippen molar-refractivity contribution in [1.29, 1.82) is 0 Å². The lowest BCUT2D eigenvalue weighted by Gasteiger charge is -2.16. The molecule has 6 nitrogen and oxygen atoms in total. The second-order valence-electron chi connectivity index (χ2n) is 7.58. The molecule has 1 heterocycles. The standard InChI is InChI=1S/C23H28ClN3O3/c1-16-20(12-14-28)23(30)27(22(26-16)18-7-9-19(24)10-8-18)15-21(29)25-13-11-17-5-3-2-4-6-17/h5,7-10,28H,2-4,6,11-15H2,1H3,(H,25,29). The maximum absolute atomic E-state index is 13.1. The van der Waals surface area contributed by atoms with E-state index in [1.54, 1.807) is 31.2 Å². The molecule has 2 aromatic rings. The van der Waals surface area contributed by atoms with E-state index in [-0.39, 0.29) is 31.0 Å². The molecule has 1 aromatic carbocycles. The van der Waals surface area contributed by atoms with E-state index < -0.39 is 0 Å². The summed E-state index contributed by atoms with van der Waals surface area (Å²) >= 11 is 5.99. The molecule has 1 aliphatic rings. The molecule has 0 saturated carbocycles. The zero-order valence-corrected chi connectivity index (χ0v) is 18.0. The molecule has 0 atom stereocenters. The van der Waals surface area contributed by atoms with Crippen LogP contribution in [0, 0.1) is 6.92 Å². The summed E-state index contributed by atoms with van der Waals surface area (Å²) in [6.07, 6.45) is 7.98. The Bertz CT molecular complexity index is 980. The lowest BCUT2D eigenvalue weighted by Crippen LogP contribution is -2.36. The van der Waals surface area contributed by atoms with Crippen LogP contribution >= 0.6 is 11.6 Å². The normalized spacial score (nSPS) is 13.8. The molecular weight excluding hydrogens is 402 g/mol. The number of nitrogens with one attached hydrogen (secondary N) is 1. The molecule has 30 heavy (non-hydrogen) atoms. The lowest BCUT2D eigenvalue weighted by molar-refractivity contribution is -0.121. The molecule has 0 aliphatic heterocycles. The van der Waals surface area contributed by atoms with Crippen molar-refractivity contribution in [2.75, 3.05) is 13.2 Å². The minimum absolute atomic E-state index is 0.123. The van der Waals surface area contributed by atoms with E-state index in [9.17, 15) is 14.7 Å². The highest BCUT2D eigenvalue weighted by molar-refractivity contribution is 6.30. The highest BCUT2D eigenvalue weighted by Gasteiger charge is 2.17. The minimum Gasteiger partial charge on any atom is -0.396 e. The van der Waals surface area contributed by atoms with Gasteiger partial charge in [0.15, 0.2) is 0 Å². The van der Waals surface area contributed by atoms with E-state index in [4.69, 9.17) is 11.6 Å². The summed E-state index contributed by atoms with van der Waals surface area (Å²) in [7, 11) is 0. The van der Waals surface area contributed by atoms with Crippen molar-refractivity contribution in [3.63, 3.8) is 0 Å². The number of carbonyl (C=O) groups is 1. The number of benzene rings is 1. The van der Waals surface area contributed by atoms with Crippen molar-refractivity contribution in [2.45, 2.75) is 52.0 Å². The fourth-order valence-corrected chi connectivity index (χ4v) is 3.89. The Hall–Kier alpha value is -2.44. The van der Waals surface area contributed by atoms with Crippen LogP contribution in [-0.2, 0) is 17.8 Å². The third-order valence-electron chi connectivity index (χ3n) is 5.39. The van der Waals surface area contributed by atoms with Gasteiger partial charge in [-0.1, -0.05) is 23.3 Å². The molecule has 0 spiro atoms. The molecule has 1 aliphatic carbocycles. The molecule has 0 unspecified atom stereocenters. The van der Waals surface area contributed by atoms with Crippen LogP contribution in [0.15, 0.2) is 40.7 Å². The SMILES string of the molecule is Cc1nc(-c2ccc(Cl)cc2)n(CC(=O)NCCC2=CCCCC2)c(=O)c1CCO. The quantitative estimate of drug-likeness (QED) is 0.630. The van der Waals surface area contributed by atoms with Gasteiger partial charge in [0.1, 0.15) is 12.4 Å². The van der Waals surface area contributed by atoms with Crippen LogP contribution in [0.2, 0.25) is 5.02 Å². The number of nitrogens with zero attached hydrogens (tertiary/aromatic N) is 2. The molecule has 7 heteroatoms. The van der Waals surface area contributed by atoms with E-state index in [1.165, 1.54) is 23.0 Å². The van der Waals surface area contributed by atoms with Crippen molar-refractivity contribution >= 4 is 17.5 Å². The molecule has 0 fully saturated rings. The second-order valence-corrected chi connectivity index (χ2v) is 8.02. The predicted octanol–water partition coefficient (Wildman–Crippen LogP) is 3.41. The number of hydrogen-bond donors (Lipinski definition) is 2. The first kappa shape index (κ1) is 22.2. The smallest absolute Gasteiger partial charge is 0.257 e. The van der Waals surface area contributed by atoms with Crippen LogP contribution in [0.1, 0.15) is 43.4 Å². The fourth-order valence-electron chi connectivity index (χ4n) is 3.76. The van der Waals surface area contributed by atoms with Gasteiger partial charge in [-0.05, 0) is 63.3 Å². The zero-order valence-electron chi connectivity index (χ0n) is 17.3. The van der Waals surface area contributed by atoms with Gasteiger partial charge in [0.2, 0.25) is 5.91 Å². The summed E-state index contributed by atoms with van der Waals surface area (Å²) in [5.41, 5.74) is 2.78. The first-order chi connectivity index (χ1) is 14.5. The van der Waals surface area contributed by atoms with Gasteiger partial charge < -0.3 is 10.4 Å². The predicted molar refractivity (Wildman–Crippen MR) is 119 cm³/mol. The van der Waals surface area contributed by atoms with Gasteiger partial charge >= 0.3 is 0 Å². The molecule has 2 N–H and O–H groups in total. The first-order valence-electron chi connectivity index (χ1n) is 10.4. The summed E-state index contributed by atoms with van der Waals surface area (Å²) in [4.78, 5) is 30.3. The third kappa shape index (κ3) is 5.58. The number of amides is 1. The number of hydrogen-bond acceptors (Lipinski definition) is 4. The number of aliphatic hydroxyl groups is 1.